The first kappa shape index (κ1) is 18.7. The van der Waals surface area contributed by atoms with Gasteiger partial charge in [-0.15, -0.1) is 0 Å². The first-order valence-corrected chi connectivity index (χ1v) is 10.0. The van der Waals surface area contributed by atoms with Gasteiger partial charge in [0.15, 0.2) is 0 Å². The first-order valence-electron chi connectivity index (χ1n) is 10.0. The summed E-state index contributed by atoms with van der Waals surface area (Å²) < 4.78 is 5.41. The molecule has 2 aliphatic rings. The second kappa shape index (κ2) is 8.56. The van der Waals surface area contributed by atoms with E-state index in [9.17, 15) is 4.79 Å². The highest BCUT2D eigenvalue weighted by atomic mass is 16.5. The number of aromatic nitrogens is 2. The monoisotopic (exact) mass is 381 g/mol. The van der Waals surface area contributed by atoms with Gasteiger partial charge < -0.3 is 19.4 Å². The Morgan fingerprint density at radius 2 is 1.68 bits per heavy atom. The van der Waals surface area contributed by atoms with Gasteiger partial charge in [0.25, 0.3) is 5.91 Å². The fourth-order valence-electron chi connectivity index (χ4n) is 3.64. The van der Waals surface area contributed by atoms with Gasteiger partial charge in [-0.3, -0.25) is 4.79 Å². The molecule has 28 heavy (non-hydrogen) atoms. The third-order valence-corrected chi connectivity index (χ3v) is 5.42. The Morgan fingerprint density at radius 1 is 0.964 bits per heavy atom. The molecule has 0 saturated carbocycles. The van der Waals surface area contributed by atoms with Crippen LogP contribution in [-0.4, -0.2) is 73.3 Å². The third-order valence-electron chi connectivity index (χ3n) is 5.42. The van der Waals surface area contributed by atoms with Crippen LogP contribution in [0.4, 0.5) is 11.8 Å². The molecule has 0 atom stereocenters. The summed E-state index contributed by atoms with van der Waals surface area (Å²) in [6.07, 6.45) is 2.80. The van der Waals surface area contributed by atoms with E-state index in [2.05, 4.69) is 21.7 Å². The minimum Gasteiger partial charge on any atom is -0.378 e. The van der Waals surface area contributed by atoms with E-state index >= 15 is 0 Å². The Balaban J connectivity index is 1.37. The van der Waals surface area contributed by atoms with E-state index in [1.807, 2.05) is 41.4 Å². The molecule has 148 valence electrons. The zero-order valence-electron chi connectivity index (χ0n) is 16.4. The number of hydrogen-bond acceptors (Lipinski definition) is 6. The highest BCUT2D eigenvalue weighted by molar-refractivity contribution is 5.94. The molecule has 7 nitrogen and oxygen atoms in total. The van der Waals surface area contributed by atoms with Gasteiger partial charge in [-0.2, -0.15) is 4.98 Å². The van der Waals surface area contributed by atoms with E-state index in [0.29, 0.717) is 26.3 Å². The van der Waals surface area contributed by atoms with Gasteiger partial charge in [-0.25, -0.2) is 4.98 Å². The largest absolute Gasteiger partial charge is 0.378 e. The van der Waals surface area contributed by atoms with Crippen LogP contribution in [0.5, 0.6) is 0 Å². The van der Waals surface area contributed by atoms with Crippen LogP contribution in [0.3, 0.4) is 0 Å². The van der Waals surface area contributed by atoms with E-state index in [1.54, 1.807) is 0 Å². The Morgan fingerprint density at radius 3 is 2.36 bits per heavy atom. The van der Waals surface area contributed by atoms with Gasteiger partial charge in [-0.1, -0.05) is 19.1 Å². The predicted octanol–water partition coefficient (Wildman–Crippen LogP) is 1.84. The molecule has 0 unspecified atom stereocenters. The molecule has 1 amide bonds. The standard InChI is InChI=1S/C21H27N5O2/c1-2-17-3-5-18(6-4-17)20(27)25-11-9-24(10-12-25)19-7-8-22-21(23-19)26-13-15-28-16-14-26/h3-8H,2,9-16H2,1H3. The Hall–Kier alpha value is -2.67. The van der Waals surface area contributed by atoms with Crippen LogP contribution in [0.25, 0.3) is 0 Å². The Labute approximate surface area is 165 Å². The lowest BCUT2D eigenvalue weighted by Crippen LogP contribution is -2.49. The Kier molecular flexibility index (Phi) is 5.71. The molecule has 0 N–H and O–H groups in total. The van der Waals surface area contributed by atoms with Gasteiger partial charge in [0, 0.05) is 51.0 Å². The summed E-state index contributed by atoms with van der Waals surface area (Å²) in [7, 11) is 0. The second-order valence-corrected chi connectivity index (χ2v) is 7.14. The normalized spacial score (nSPS) is 17.7. The summed E-state index contributed by atoms with van der Waals surface area (Å²) in [6, 6.07) is 9.90. The van der Waals surface area contributed by atoms with Crippen LogP contribution in [0, 0.1) is 0 Å². The molecule has 3 heterocycles. The molecular weight excluding hydrogens is 354 g/mol. The molecule has 2 aliphatic heterocycles. The summed E-state index contributed by atoms with van der Waals surface area (Å²) in [6.45, 7) is 8.15. The molecule has 7 heteroatoms. The number of carbonyl (C=O) groups is 1. The number of benzene rings is 1. The van der Waals surface area contributed by atoms with Crippen molar-refractivity contribution in [3.05, 3.63) is 47.7 Å². The van der Waals surface area contributed by atoms with Crippen LogP contribution in [0.1, 0.15) is 22.8 Å². The molecule has 2 fully saturated rings. The lowest BCUT2D eigenvalue weighted by molar-refractivity contribution is 0.0746. The van der Waals surface area contributed by atoms with Crippen molar-refractivity contribution in [1.82, 2.24) is 14.9 Å². The molecule has 1 aromatic carbocycles. The number of rotatable bonds is 4. The molecule has 1 aromatic heterocycles. The summed E-state index contributed by atoms with van der Waals surface area (Å²) in [5.74, 6) is 1.80. The predicted molar refractivity (Wildman–Crippen MR) is 109 cm³/mol. The minimum atomic E-state index is 0.110. The molecule has 2 saturated heterocycles. The molecular formula is C21H27N5O2. The highest BCUT2D eigenvalue weighted by Gasteiger charge is 2.23. The molecule has 0 bridgehead atoms. The molecule has 0 spiro atoms. The van der Waals surface area contributed by atoms with Gasteiger partial charge >= 0.3 is 0 Å². The maximum absolute atomic E-state index is 12.8. The SMILES string of the molecule is CCc1ccc(C(=O)N2CCN(c3ccnc(N4CCOCC4)n3)CC2)cc1. The van der Waals surface area contributed by atoms with E-state index < -0.39 is 0 Å². The third kappa shape index (κ3) is 4.09. The van der Waals surface area contributed by atoms with Crippen LogP contribution in [0.15, 0.2) is 36.5 Å². The summed E-state index contributed by atoms with van der Waals surface area (Å²) in [5.41, 5.74) is 2.02. The number of carbonyl (C=O) groups excluding carboxylic acids is 1. The smallest absolute Gasteiger partial charge is 0.253 e. The number of anilines is 2. The van der Waals surface area contributed by atoms with Crippen molar-refractivity contribution in [2.24, 2.45) is 0 Å². The van der Waals surface area contributed by atoms with Gasteiger partial charge in [0.1, 0.15) is 5.82 Å². The van der Waals surface area contributed by atoms with Crippen LogP contribution < -0.4 is 9.80 Å². The van der Waals surface area contributed by atoms with Gasteiger partial charge in [0.2, 0.25) is 5.95 Å². The van der Waals surface area contributed by atoms with Crippen molar-refractivity contribution in [2.75, 3.05) is 62.3 Å². The lowest BCUT2D eigenvalue weighted by Gasteiger charge is -2.36. The van der Waals surface area contributed by atoms with Crippen molar-refractivity contribution < 1.29 is 9.53 Å². The van der Waals surface area contributed by atoms with E-state index in [1.165, 1.54) is 5.56 Å². The molecule has 0 aliphatic carbocycles. The van der Waals surface area contributed by atoms with Crippen LogP contribution in [-0.2, 0) is 11.2 Å². The highest BCUT2D eigenvalue weighted by Crippen LogP contribution is 2.18. The summed E-state index contributed by atoms with van der Waals surface area (Å²) in [4.78, 5) is 28.3. The molecule has 4 rings (SSSR count). The number of morpholine rings is 1. The maximum atomic E-state index is 12.8. The number of nitrogens with zero attached hydrogens (tertiary/aromatic N) is 5. The second-order valence-electron chi connectivity index (χ2n) is 7.14. The fraction of sp³-hybridized carbons (Fsp3) is 0.476. The summed E-state index contributed by atoms with van der Waals surface area (Å²) >= 11 is 0. The van der Waals surface area contributed by atoms with Crippen LogP contribution >= 0.6 is 0 Å². The number of aryl methyl sites for hydroxylation is 1. The van der Waals surface area contributed by atoms with Crippen molar-refractivity contribution in [2.45, 2.75) is 13.3 Å². The number of ether oxygens (including phenoxy) is 1. The number of hydrogen-bond donors (Lipinski definition) is 0. The quantitative estimate of drug-likeness (QED) is 0.805. The maximum Gasteiger partial charge on any atom is 0.253 e. The number of piperazine rings is 1. The average Bonchev–Trinajstić information content (AvgIpc) is 2.79. The zero-order chi connectivity index (χ0) is 19.3. The van der Waals surface area contributed by atoms with Gasteiger partial charge in [0.05, 0.1) is 13.2 Å². The topological polar surface area (TPSA) is 61.8 Å². The van der Waals surface area contributed by atoms with Crippen molar-refractivity contribution >= 4 is 17.7 Å². The fourth-order valence-corrected chi connectivity index (χ4v) is 3.64. The van der Waals surface area contributed by atoms with Gasteiger partial charge in [-0.05, 0) is 30.2 Å². The van der Waals surface area contributed by atoms with E-state index in [0.717, 1.165) is 49.9 Å². The first-order chi connectivity index (χ1) is 13.7. The molecule has 0 radical (unpaired) electrons. The van der Waals surface area contributed by atoms with Crippen molar-refractivity contribution in [3.8, 4) is 0 Å². The van der Waals surface area contributed by atoms with E-state index in [-0.39, 0.29) is 5.91 Å². The lowest BCUT2D eigenvalue weighted by atomic mass is 10.1. The average molecular weight is 381 g/mol. The minimum absolute atomic E-state index is 0.110. The molecule has 2 aromatic rings. The summed E-state index contributed by atoms with van der Waals surface area (Å²) in [5, 5.41) is 0. The van der Waals surface area contributed by atoms with E-state index in [4.69, 9.17) is 9.72 Å². The zero-order valence-corrected chi connectivity index (χ0v) is 16.4. The number of amides is 1. The van der Waals surface area contributed by atoms with Crippen molar-refractivity contribution in [1.29, 1.82) is 0 Å². The van der Waals surface area contributed by atoms with Crippen LogP contribution in [0.2, 0.25) is 0 Å². The Bertz CT molecular complexity index is 797. The van der Waals surface area contributed by atoms with Crippen molar-refractivity contribution in [3.63, 3.8) is 0 Å².